The molecule has 1 heterocycles. The van der Waals surface area contributed by atoms with E-state index in [1.165, 1.54) is 31.2 Å². The Balaban J connectivity index is 2.10. The number of nitrogens with zero attached hydrogens (tertiary/aromatic N) is 1. The Morgan fingerprint density at radius 1 is 1.19 bits per heavy atom. The summed E-state index contributed by atoms with van der Waals surface area (Å²) in [7, 11) is 0. The van der Waals surface area contributed by atoms with Crippen LogP contribution in [-0.4, -0.2) is 37.7 Å². The fourth-order valence-electron chi connectivity index (χ4n) is 3.12. The first kappa shape index (κ1) is 16.3. The molecule has 0 aromatic heterocycles. The van der Waals surface area contributed by atoms with Crippen molar-refractivity contribution in [2.45, 2.75) is 45.6 Å². The Bertz CT molecular complexity index is 402. The maximum absolute atomic E-state index is 5.68. The number of benzene rings is 1. The molecule has 1 fully saturated rings. The Labute approximate surface area is 129 Å². The SMILES string of the molecule is CCCCC[C@@H](c1cccc(OCC)c1)N1CCNCC1. The van der Waals surface area contributed by atoms with E-state index in [-0.39, 0.29) is 0 Å². The zero-order valence-electron chi connectivity index (χ0n) is 13.6. The summed E-state index contributed by atoms with van der Waals surface area (Å²) in [5.74, 6) is 1.01. The van der Waals surface area contributed by atoms with Gasteiger partial charge in [0.05, 0.1) is 6.61 Å². The summed E-state index contributed by atoms with van der Waals surface area (Å²) >= 11 is 0. The standard InChI is InChI=1S/C18H30N2O/c1-3-5-6-10-18(20-13-11-19-12-14-20)16-8-7-9-17(15-16)21-4-2/h7-9,15,18-19H,3-6,10-14H2,1-2H3/t18-/m0/s1. The summed E-state index contributed by atoms with van der Waals surface area (Å²) in [5, 5.41) is 3.45. The Morgan fingerprint density at radius 3 is 2.71 bits per heavy atom. The highest BCUT2D eigenvalue weighted by Gasteiger charge is 2.22. The van der Waals surface area contributed by atoms with Crippen molar-refractivity contribution in [1.29, 1.82) is 0 Å². The number of hydrogen-bond donors (Lipinski definition) is 1. The van der Waals surface area contributed by atoms with Crippen molar-refractivity contribution >= 4 is 0 Å². The van der Waals surface area contributed by atoms with Crippen molar-refractivity contribution in [1.82, 2.24) is 10.2 Å². The molecule has 2 rings (SSSR count). The lowest BCUT2D eigenvalue weighted by molar-refractivity contribution is 0.162. The van der Waals surface area contributed by atoms with Gasteiger partial charge in [-0.3, -0.25) is 4.90 Å². The van der Waals surface area contributed by atoms with Gasteiger partial charge in [-0.25, -0.2) is 0 Å². The molecule has 1 saturated heterocycles. The van der Waals surface area contributed by atoms with Crippen LogP contribution < -0.4 is 10.1 Å². The summed E-state index contributed by atoms with van der Waals surface area (Å²) in [4.78, 5) is 2.64. The van der Waals surface area contributed by atoms with Crippen LogP contribution >= 0.6 is 0 Å². The second-order valence-electron chi connectivity index (χ2n) is 5.80. The van der Waals surface area contributed by atoms with Gasteiger partial charge >= 0.3 is 0 Å². The average molecular weight is 290 g/mol. The third-order valence-corrected chi connectivity index (χ3v) is 4.23. The van der Waals surface area contributed by atoms with Crippen molar-refractivity contribution < 1.29 is 4.74 Å². The van der Waals surface area contributed by atoms with Gasteiger partial charge in [0.25, 0.3) is 0 Å². The molecule has 0 spiro atoms. The summed E-state index contributed by atoms with van der Waals surface area (Å²) in [6.45, 7) is 9.56. The highest BCUT2D eigenvalue weighted by molar-refractivity contribution is 5.30. The molecule has 118 valence electrons. The van der Waals surface area contributed by atoms with E-state index in [4.69, 9.17) is 4.74 Å². The van der Waals surface area contributed by atoms with E-state index in [0.29, 0.717) is 6.04 Å². The average Bonchev–Trinajstić information content (AvgIpc) is 2.53. The lowest BCUT2D eigenvalue weighted by Crippen LogP contribution is -2.45. The van der Waals surface area contributed by atoms with Gasteiger partial charge < -0.3 is 10.1 Å². The van der Waals surface area contributed by atoms with Crippen LogP contribution in [0.3, 0.4) is 0 Å². The molecule has 21 heavy (non-hydrogen) atoms. The molecule has 0 saturated carbocycles. The van der Waals surface area contributed by atoms with Crippen LogP contribution in [0, 0.1) is 0 Å². The number of nitrogens with one attached hydrogen (secondary N) is 1. The molecule has 0 unspecified atom stereocenters. The van der Waals surface area contributed by atoms with Crippen molar-refractivity contribution in [3.63, 3.8) is 0 Å². The Kier molecular flexibility index (Phi) is 7.04. The first-order chi connectivity index (χ1) is 10.3. The lowest BCUT2D eigenvalue weighted by Gasteiger charge is -2.35. The lowest BCUT2D eigenvalue weighted by atomic mass is 9.98. The second-order valence-corrected chi connectivity index (χ2v) is 5.80. The predicted molar refractivity (Wildman–Crippen MR) is 88.9 cm³/mol. The van der Waals surface area contributed by atoms with E-state index in [9.17, 15) is 0 Å². The van der Waals surface area contributed by atoms with E-state index in [2.05, 4.69) is 41.4 Å². The number of ether oxygens (including phenoxy) is 1. The van der Waals surface area contributed by atoms with Crippen LogP contribution in [0.15, 0.2) is 24.3 Å². The van der Waals surface area contributed by atoms with Gasteiger partial charge in [0, 0.05) is 32.2 Å². The van der Waals surface area contributed by atoms with Crippen molar-refractivity contribution in [3.05, 3.63) is 29.8 Å². The molecule has 1 aliphatic heterocycles. The van der Waals surface area contributed by atoms with Gasteiger partial charge in [-0.15, -0.1) is 0 Å². The predicted octanol–water partition coefficient (Wildman–Crippen LogP) is 3.61. The maximum Gasteiger partial charge on any atom is 0.119 e. The maximum atomic E-state index is 5.68. The van der Waals surface area contributed by atoms with Crippen molar-refractivity contribution in [3.8, 4) is 5.75 Å². The van der Waals surface area contributed by atoms with Crippen LogP contribution in [0.4, 0.5) is 0 Å². The minimum atomic E-state index is 0.541. The van der Waals surface area contributed by atoms with Crippen LogP contribution in [0.2, 0.25) is 0 Å². The van der Waals surface area contributed by atoms with Gasteiger partial charge in [-0.1, -0.05) is 38.3 Å². The summed E-state index contributed by atoms with van der Waals surface area (Å²) in [6, 6.07) is 9.24. The summed E-state index contributed by atoms with van der Waals surface area (Å²) in [6.07, 6.45) is 5.17. The first-order valence-electron chi connectivity index (χ1n) is 8.52. The van der Waals surface area contributed by atoms with Crippen LogP contribution in [0.25, 0.3) is 0 Å². The molecular weight excluding hydrogens is 260 g/mol. The molecule has 3 heteroatoms. The first-order valence-corrected chi connectivity index (χ1v) is 8.52. The second kappa shape index (κ2) is 9.06. The molecule has 1 aliphatic rings. The van der Waals surface area contributed by atoms with E-state index >= 15 is 0 Å². The largest absolute Gasteiger partial charge is 0.494 e. The third-order valence-electron chi connectivity index (χ3n) is 4.23. The molecule has 1 aromatic carbocycles. The fraction of sp³-hybridized carbons (Fsp3) is 0.667. The summed E-state index contributed by atoms with van der Waals surface area (Å²) < 4.78 is 5.68. The van der Waals surface area contributed by atoms with E-state index in [1.807, 2.05) is 6.92 Å². The number of unbranched alkanes of at least 4 members (excludes halogenated alkanes) is 2. The van der Waals surface area contributed by atoms with Gasteiger partial charge in [0.2, 0.25) is 0 Å². The minimum absolute atomic E-state index is 0.541. The topological polar surface area (TPSA) is 24.5 Å². The van der Waals surface area contributed by atoms with Gasteiger partial charge in [0.1, 0.15) is 5.75 Å². The number of rotatable bonds is 8. The normalized spacial score (nSPS) is 17.6. The van der Waals surface area contributed by atoms with Gasteiger partial charge in [-0.05, 0) is 31.0 Å². The molecule has 1 atom stereocenters. The zero-order chi connectivity index (χ0) is 14.9. The quantitative estimate of drug-likeness (QED) is 0.740. The number of piperazine rings is 1. The molecule has 0 amide bonds. The Hall–Kier alpha value is -1.06. The highest BCUT2D eigenvalue weighted by Crippen LogP contribution is 2.29. The van der Waals surface area contributed by atoms with E-state index in [1.54, 1.807) is 0 Å². The fourth-order valence-corrected chi connectivity index (χ4v) is 3.12. The smallest absolute Gasteiger partial charge is 0.119 e. The van der Waals surface area contributed by atoms with Crippen molar-refractivity contribution in [2.75, 3.05) is 32.8 Å². The Morgan fingerprint density at radius 2 is 2.00 bits per heavy atom. The molecule has 0 aliphatic carbocycles. The highest BCUT2D eigenvalue weighted by atomic mass is 16.5. The molecule has 3 nitrogen and oxygen atoms in total. The molecule has 0 radical (unpaired) electrons. The van der Waals surface area contributed by atoms with Gasteiger partial charge in [0.15, 0.2) is 0 Å². The van der Waals surface area contributed by atoms with Crippen LogP contribution in [0.1, 0.15) is 51.1 Å². The third kappa shape index (κ3) is 5.01. The van der Waals surface area contributed by atoms with E-state index < -0.39 is 0 Å². The molecule has 0 bridgehead atoms. The molecule has 1 N–H and O–H groups in total. The molecule has 1 aromatic rings. The number of hydrogen-bond acceptors (Lipinski definition) is 3. The van der Waals surface area contributed by atoms with E-state index in [0.717, 1.165) is 38.5 Å². The van der Waals surface area contributed by atoms with Crippen LogP contribution in [-0.2, 0) is 0 Å². The van der Waals surface area contributed by atoms with Crippen LogP contribution in [0.5, 0.6) is 5.75 Å². The van der Waals surface area contributed by atoms with Gasteiger partial charge in [-0.2, -0.15) is 0 Å². The molecular formula is C18H30N2O. The minimum Gasteiger partial charge on any atom is -0.494 e. The summed E-state index contributed by atoms with van der Waals surface area (Å²) in [5.41, 5.74) is 1.42. The zero-order valence-corrected chi connectivity index (χ0v) is 13.6. The monoisotopic (exact) mass is 290 g/mol. The van der Waals surface area contributed by atoms with Crippen molar-refractivity contribution in [2.24, 2.45) is 0 Å².